The number of rotatable bonds is 8. The maximum absolute atomic E-state index is 11.6. The van der Waals surface area contributed by atoms with E-state index in [0.717, 1.165) is 5.69 Å². The molecule has 0 fully saturated rings. The van der Waals surface area contributed by atoms with Gasteiger partial charge in [0.2, 0.25) is 0 Å². The molecule has 7 nitrogen and oxygen atoms in total. The number of halogens is 1. The molecule has 0 aliphatic rings. The van der Waals surface area contributed by atoms with Gasteiger partial charge in [0.25, 0.3) is 0 Å². The van der Waals surface area contributed by atoms with Crippen LogP contribution in [0.15, 0.2) is 24.3 Å². The van der Waals surface area contributed by atoms with Gasteiger partial charge in [-0.15, -0.1) is 12.4 Å². The minimum Gasteiger partial charge on any atom is -0.462 e. The molecule has 0 spiro atoms. The molecule has 0 atom stereocenters. The number of aromatic amines is 1. The average Bonchev–Trinajstić information content (AvgIpc) is 2.92. The molecule has 0 radical (unpaired) electrons. The Morgan fingerprint density at radius 1 is 1.29 bits per heavy atom. The van der Waals surface area contributed by atoms with Crippen molar-refractivity contribution >= 4 is 24.3 Å². The molecule has 8 heteroatoms. The summed E-state index contributed by atoms with van der Waals surface area (Å²) in [5.41, 5.74) is 0.818. The van der Waals surface area contributed by atoms with Gasteiger partial charge in [0.1, 0.15) is 0 Å². The lowest BCUT2D eigenvalue weighted by Gasteiger charge is -2.07. The summed E-state index contributed by atoms with van der Waals surface area (Å²) < 4.78 is 9.62. The third-order valence-corrected chi connectivity index (χ3v) is 2.33. The second kappa shape index (κ2) is 10.7. The van der Waals surface area contributed by atoms with E-state index in [9.17, 15) is 9.59 Å². The van der Waals surface area contributed by atoms with Gasteiger partial charge >= 0.3 is 11.9 Å². The molecular formula is C13H20ClN3O4. The van der Waals surface area contributed by atoms with Gasteiger partial charge in [-0.05, 0) is 13.8 Å². The highest BCUT2D eigenvalue weighted by Gasteiger charge is 2.20. The fourth-order valence-electron chi connectivity index (χ4n) is 1.42. The van der Waals surface area contributed by atoms with Crippen LogP contribution >= 0.6 is 12.4 Å². The molecular weight excluding hydrogens is 298 g/mol. The highest BCUT2D eigenvalue weighted by Crippen LogP contribution is 2.01. The maximum atomic E-state index is 11.6. The van der Waals surface area contributed by atoms with E-state index in [2.05, 4.69) is 15.3 Å². The monoisotopic (exact) mass is 317 g/mol. The first kappa shape index (κ1) is 19.0. The van der Waals surface area contributed by atoms with E-state index < -0.39 is 11.9 Å². The first-order chi connectivity index (χ1) is 9.69. The summed E-state index contributed by atoms with van der Waals surface area (Å²) >= 11 is 0. The molecule has 1 heterocycles. The Balaban J connectivity index is 0.00000400. The van der Waals surface area contributed by atoms with Gasteiger partial charge in [0, 0.05) is 31.1 Å². The number of carbonyl (C=O) groups excluding carboxylic acids is 2. The molecule has 0 aliphatic heterocycles. The summed E-state index contributed by atoms with van der Waals surface area (Å²) in [6, 6.07) is 0. The molecule has 1 rings (SSSR count). The van der Waals surface area contributed by atoms with Crippen LogP contribution < -0.4 is 5.32 Å². The molecule has 1 aromatic heterocycles. The average molecular weight is 318 g/mol. The second-order valence-corrected chi connectivity index (χ2v) is 3.78. The number of H-pyrrole nitrogens is 1. The topological polar surface area (TPSA) is 93.3 Å². The normalized spacial score (nSPS) is 9.24. The van der Waals surface area contributed by atoms with Crippen molar-refractivity contribution in [2.45, 2.75) is 20.3 Å². The number of imidazole rings is 1. The lowest BCUT2D eigenvalue weighted by atomic mass is 10.3. The third kappa shape index (κ3) is 6.80. The number of hydrogen-bond donors (Lipinski definition) is 2. The quantitative estimate of drug-likeness (QED) is 0.244. The molecule has 0 aromatic carbocycles. The highest BCUT2D eigenvalue weighted by atomic mass is 35.5. The third-order valence-electron chi connectivity index (χ3n) is 2.33. The Kier molecular flexibility index (Phi) is 9.70. The van der Waals surface area contributed by atoms with Crippen LogP contribution in [0.1, 0.15) is 19.5 Å². The van der Waals surface area contributed by atoms with Gasteiger partial charge in [-0.25, -0.2) is 14.6 Å². The molecule has 2 N–H and O–H groups in total. The number of nitrogens with zero attached hydrogens (tertiary/aromatic N) is 1. The van der Waals surface area contributed by atoms with Crippen LogP contribution in [-0.2, 0) is 25.5 Å². The number of ether oxygens (including phenoxy) is 2. The van der Waals surface area contributed by atoms with Crippen LogP contribution in [-0.4, -0.2) is 41.7 Å². The van der Waals surface area contributed by atoms with Crippen molar-refractivity contribution in [1.29, 1.82) is 0 Å². The molecule has 1 aromatic rings. The van der Waals surface area contributed by atoms with E-state index in [1.54, 1.807) is 26.4 Å². The van der Waals surface area contributed by atoms with Crippen LogP contribution in [0.25, 0.3) is 0 Å². The van der Waals surface area contributed by atoms with Crippen molar-refractivity contribution in [3.05, 3.63) is 30.0 Å². The first-order valence-electron chi connectivity index (χ1n) is 6.44. The fourth-order valence-corrected chi connectivity index (χ4v) is 1.42. The molecule has 0 aliphatic carbocycles. The second-order valence-electron chi connectivity index (χ2n) is 3.78. The zero-order chi connectivity index (χ0) is 14.8. The maximum Gasteiger partial charge on any atom is 0.347 e. The number of carbonyl (C=O) groups is 2. The summed E-state index contributed by atoms with van der Waals surface area (Å²) in [7, 11) is 0. The predicted octanol–water partition coefficient (Wildman–Crippen LogP) is 0.974. The summed E-state index contributed by atoms with van der Waals surface area (Å²) in [5.74, 6) is -1.39. The van der Waals surface area contributed by atoms with E-state index in [0.29, 0.717) is 13.0 Å². The van der Waals surface area contributed by atoms with Crippen LogP contribution in [0, 0.1) is 0 Å². The summed E-state index contributed by atoms with van der Waals surface area (Å²) in [5, 5.41) is 2.89. The molecule has 0 saturated heterocycles. The minimum atomic E-state index is -0.694. The number of aromatic nitrogens is 2. The van der Waals surface area contributed by atoms with Gasteiger partial charge in [-0.2, -0.15) is 0 Å². The van der Waals surface area contributed by atoms with Gasteiger partial charge in [-0.3, -0.25) is 0 Å². The molecule has 118 valence electrons. The van der Waals surface area contributed by atoms with E-state index >= 15 is 0 Å². The van der Waals surface area contributed by atoms with Crippen LogP contribution in [0.5, 0.6) is 0 Å². The van der Waals surface area contributed by atoms with Crippen LogP contribution in [0.4, 0.5) is 0 Å². The Hall–Kier alpha value is -2.02. The lowest BCUT2D eigenvalue weighted by Crippen LogP contribution is -2.22. The summed E-state index contributed by atoms with van der Waals surface area (Å²) in [4.78, 5) is 30.1. The van der Waals surface area contributed by atoms with Gasteiger partial charge in [0.15, 0.2) is 5.57 Å². The number of esters is 2. The van der Waals surface area contributed by atoms with Gasteiger partial charge in [-0.1, -0.05) is 0 Å². The molecule has 21 heavy (non-hydrogen) atoms. The molecule has 0 saturated carbocycles. The van der Waals surface area contributed by atoms with Gasteiger partial charge < -0.3 is 19.8 Å². The van der Waals surface area contributed by atoms with Crippen molar-refractivity contribution in [1.82, 2.24) is 15.3 Å². The zero-order valence-electron chi connectivity index (χ0n) is 12.0. The summed E-state index contributed by atoms with van der Waals surface area (Å²) in [6.45, 7) is 4.29. The summed E-state index contributed by atoms with van der Waals surface area (Å²) in [6.07, 6.45) is 5.32. The van der Waals surface area contributed by atoms with Crippen molar-refractivity contribution in [2.24, 2.45) is 0 Å². The Morgan fingerprint density at radius 3 is 2.38 bits per heavy atom. The van der Waals surface area contributed by atoms with E-state index in [1.807, 2.05) is 0 Å². The van der Waals surface area contributed by atoms with Crippen molar-refractivity contribution < 1.29 is 19.1 Å². The minimum absolute atomic E-state index is 0. The SMILES string of the molecule is CCOC(=O)C(=CNCCc1cnc[nH]1)C(=O)OCC.Cl. The van der Waals surface area contributed by atoms with Crippen molar-refractivity contribution in [2.75, 3.05) is 19.8 Å². The zero-order valence-corrected chi connectivity index (χ0v) is 12.9. The Bertz CT molecular complexity index is 440. The predicted molar refractivity (Wildman–Crippen MR) is 78.9 cm³/mol. The Morgan fingerprint density at radius 2 is 1.90 bits per heavy atom. The van der Waals surface area contributed by atoms with E-state index in [-0.39, 0.29) is 31.2 Å². The lowest BCUT2D eigenvalue weighted by molar-refractivity contribution is -0.146. The molecule has 0 amide bonds. The molecule has 0 unspecified atom stereocenters. The number of nitrogens with one attached hydrogen (secondary N) is 2. The van der Waals surface area contributed by atoms with E-state index in [1.165, 1.54) is 6.20 Å². The fraction of sp³-hybridized carbons (Fsp3) is 0.462. The largest absolute Gasteiger partial charge is 0.462 e. The van der Waals surface area contributed by atoms with Crippen LogP contribution in [0.2, 0.25) is 0 Å². The standard InChI is InChI=1S/C13H19N3O4.ClH/c1-3-19-12(17)11(13(18)20-4-2)8-14-6-5-10-7-15-9-16-10;/h7-9,14H,3-6H2,1-2H3,(H,15,16);1H. The van der Waals surface area contributed by atoms with Crippen LogP contribution in [0.3, 0.4) is 0 Å². The highest BCUT2D eigenvalue weighted by molar-refractivity contribution is 6.13. The molecule has 0 bridgehead atoms. The van der Waals surface area contributed by atoms with Crippen molar-refractivity contribution in [3.8, 4) is 0 Å². The smallest absolute Gasteiger partial charge is 0.347 e. The van der Waals surface area contributed by atoms with Crippen molar-refractivity contribution in [3.63, 3.8) is 0 Å². The van der Waals surface area contributed by atoms with Gasteiger partial charge in [0.05, 0.1) is 19.5 Å². The van der Waals surface area contributed by atoms with E-state index in [4.69, 9.17) is 9.47 Å². The number of hydrogen-bond acceptors (Lipinski definition) is 6. The first-order valence-corrected chi connectivity index (χ1v) is 6.44. The Labute approximate surface area is 129 Å².